The van der Waals surface area contributed by atoms with Gasteiger partial charge in [-0.2, -0.15) is 13.2 Å². The SMILES string of the molecule is COc1ccc(N2[C@H](C(=O)c3ccc(Cl)cc3)[C@@H]2C(F)(F)F)cc1. The van der Waals surface area contributed by atoms with E-state index in [1.54, 1.807) is 12.1 Å². The summed E-state index contributed by atoms with van der Waals surface area (Å²) in [4.78, 5) is 13.5. The van der Waals surface area contributed by atoms with Crippen LogP contribution in [-0.4, -0.2) is 31.2 Å². The van der Waals surface area contributed by atoms with Gasteiger partial charge < -0.3 is 9.64 Å². The van der Waals surface area contributed by atoms with Crippen LogP contribution in [0.4, 0.5) is 18.9 Å². The minimum Gasteiger partial charge on any atom is -0.497 e. The standard InChI is InChI=1S/C17H13ClF3NO2/c1-24-13-8-6-12(7-9-13)22-14(16(22)17(19,20)21)15(23)10-2-4-11(18)5-3-10/h2-9,14,16H,1H3/t14-,16-,22?/m1/s1. The molecule has 24 heavy (non-hydrogen) atoms. The first-order chi connectivity index (χ1) is 11.3. The second-order valence-corrected chi connectivity index (χ2v) is 5.84. The minimum atomic E-state index is -4.49. The van der Waals surface area contributed by atoms with Crippen molar-refractivity contribution in [3.8, 4) is 5.75 Å². The number of hydrogen-bond acceptors (Lipinski definition) is 3. The topological polar surface area (TPSA) is 29.3 Å². The van der Waals surface area contributed by atoms with E-state index in [9.17, 15) is 18.0 Å². The van der Waals surface area contributed by atoms with E-state index >= 15 is 0 Å². The Morgan fingerprint density at radius 2 is 1.67 bits per heavy atom. The van der Waals surface area contributed by atoms with Crippen LogP contribution in [0.1, 0.15) is 10.4 Å². The molecule has 2 atom stereocenters. The molecule has 2 aromatic carbocycles. The molecule has 1 saturated heterocycles. The van der Waals surface area contributed by atoms with E-state index in [2.05, 4.69) is 0 Å². The molecule has 1 fully saturated rings. The van der Waals surface area contributed by atoms with Gasteiger partial charge >= 0.3 is 6.18 Å². The molecule has 3 rings (SSSR count). The van der Waals surface area contributed by atoms with Gasteiger partial charge in [-0.25, -0.2) is 0 Å². The number of ketones is 1. The van der Waals surface area contributed by atoms with E-state index in [0.717, 1.165) is 4.90 Å². The first kappa shape index (κ1) is 16.6. The van der Waals surface area contributed by atoms with Gasteiger partial charge in [-0.3, -0.25) is 4.79 Å². The molecule has 0 radical (unpaired) electrons. The van der Waals surface area contributed by atoms with Gasteiger partial charge in [0.2, 0.25) is 0 Å². The van der Waals surface area contributed by atoms with Crippen molar-refractivity contribution in [2.75, 3.05) is 12.0 Å². The van der Waals surface area contributed by atoms with Gasteiger partial charge in [0.15, 0.2) is 11.8 Å². The zero-order valence-electron chi connectivity index (χ0n) is 12.5. The highest BCUT2D eigenvalue weighted by molar-refractivity contribution is 6.30. The second kappa shape index (κ2) is 6.02. The van der Waals surface area contributed by atoms with E-state index in [0.29, 0.717) is 16.5 Å². The zero-order valence-corrected chi connectivity index (χ0v) is 13.3. The van der Waals surface area contributed by atoms with Crippen molar-refractivity contribution in [1.82, 2.24) is 0 Å². The maximum Gasteiger partial charge on any atom is 0.411 e. The van der Waals surface area contributed by atoms with Crippen LogP contribution in [-0.2, 0) is 0 Å². The van der Waals surface area contributed by atoms with Crippen molar-refractivity contribution >= 4 is 23.1 Å². The number of anilines is 1. The zero-order chi connectivity index (χ0) is 17.5. The van der Waals surface area contributed by atoms with Crippen molar-refractivity contribution in [3.05, 3.63) is 59.1 Å². The molecular formula is C17H13ClF3NO2. The maximum absolute atomic E-state index is 13.3. The van der Waals surface area contributed by atoms with Crippen LogP contribution in [0.25, 0.3) is 0 Å². The molecule has 2 aromatic rings. The number of carbonyl (C=O) groups is 1. The van der Waals surface area contributed by atoms with Crippen LogP contribution in [0.2, 0.25) is 5.02 Å². The Balaban J connectivity index is 1.89. The Morgan fingerprint density at radius 3 is 2.17 bits per heavy atom. The molecular weight excluding hydrogens is 343 g/mol. The van der Waals surface area contributed by atoms with Crippen LogP contribution >= 0.6 is 11.6 Å². The third kappa shape index (κ3) is 3.06. The average molecular weight is 356 g/mol. The average Bonchev–Trinajstić information content (AvgIpc) is 3.31. The van der Waals surface area contributed by atoms with E-state index in [4.69, 9.17) is 16.3 Å². The van der Waals surface area contributed by atoms with E-state index in [-0.39, 0.29) is 5.56 Å². The van der Waals surface area contributed by atoms with Crippen molar-refractivity contribution in [3.63, 3.8) is 0 Å². The molecule has 0 aromatic heterocycles. The lowest BCUT2D eigenvalue weighted by molar-refractivity contribution is -0.127. The molecule has 126 valence electrons. The molecule has 1 heterocycles. The molecule has 0 amide bonds. The van der Waals surface area contributed by atoms with Gasteiger partial charge in [0.25, 0.3) is 0 Å². The summed E-state index contributed by atoms with van der Waals surface area (Å²) in [6.45, 7) is 0. The van der Waals surface area contributed by atoms with E-state index < -0.39 is 24.0 Å². The quantitative estimate of drug-likeness (QED) is 0.603. The predicted octanol–water partition coefficient (Wildman–Crippen LogP) is 4.35. The maximum atomic E-state index is 13.3. The van der Waals surface area contributed by atoms with Crippen molar-refractivity contribution in [2.45, 2.75) is 18.3 Å². The third-order valence-corrected chi connectivity index (χ3v) is 4.16. The Kier molecular flexibility index (Phi) is 4.17. The van der Waals surface area contributed by atoms with Crippen LogP contribution in [0.3, 0.4) is 0 Å². The monoisotopic (exact) mass is 355 g/mol. The summed E-state index contributed by atoms with van der Waals surface area (Å²) in [5, 5.41) is 0.418. The molecule has 1 aliphatic heterocycles. The lowest BCUT2D eigenvalue weighted by atomic mass is 10.1. The van der Waals surface area contributed by atoms with Crippen molar-refractivity contribution in [2.24, 2.45) is 0 Å². The summed E-state index contributed by atoms with van der Waals surface area (Å²) in [7, 11) is 1.47. The summed E-state index contributed by atoms with van der Waals surface area (Å²) < 4.78 is 44.8. The lowest BCUT2D eigenvalue weighted by Crippen LogP contribution is -2.23. The highest BCUT2D eigenvalue weighted by Crippen LogP contribution is 2.46. The van der Waals surface area contributed by atoms with Crippen molar-refractivity contribution in [1.29, 1.82) is 0 Å². The first-order valence-corrected chi connectivity index (χ1v) is 7.49. The fourth-order valence-electron chi connectivity index (χ4n) is 2.70. The summed E-state index contributed by atoms with van der Waals surface area (Å²) >= 11 is 5.75. The van der Waals surface area contributed by atoms with Crippen LogP contribution in [0.15, 0.2) is 48.5 Å². The number of alkyl halides is 3. The van der Waals surface area contributed by atoms with Crippen LogP contribution < -0.4 is 9.64 Å². The molecule has 1 aliphatic rings. The van der Waals surface area contributed by atoms with Crippen LogP contribution in [0, 0.1) is 0 Å². The van der Waals surface area contributed by atoms with E-state index in [1.165, 1.54) is 43.5 Å². The predicted molar refractivity (Wildman–Crippen MR) is 84.9 cm³/mol. The summed E-state index contributed by atoms with van der Waals surface area (Å²) in [5.74, 6) is -0.0467. The number of carbonyl (C=O) groups excluding carboxylic acids is 1. The number of benzene rings is 2. The highest BCUT2D eigenvalue weighted by atomic mass is 35.5. The molecule has 0 unspecified atom stereocenters. The molecule has 0 aliphatic carbocycles. The molecule has 0 spiro atoms. The molecule has 0 N–H and O–H groups in total. The normalized spacial score (nSPS) is 20.0. The van der Waals surface area contributed by atoms with Crippen molar-refractivity contribution < 1.29 is 22.7 Å². The number of rotatable bonds is 4. The van der Waals surface area contributed by atoms with Gasteiger partial charge in [-0.15, -0.1) is 0 Å². The third-order valence-electron chi connectivity index (χ3n) is 3.91. The smallest absolute Gasteiger partial charge is 0.411 e. The van der Waals surface area contributed by atoms with E-state index in [1.807, 2.05) is 0 Å². The lowest BCUT2D eigenvalue weighted by Gasteiger charge is -2.08. The minimum absolute atomic E-state index is 0.203. The van der Waals surface area contributed by atoms with Gasteiger partial charge in [0.05, 0.1) is 7.11 Å². The molecule has 3 nitrogen and oxygen atoms in total. The van der Waals surface area contributed by atoms with Gasteiger partial charge in [0, 0.05) is 16.3 Å². The second-order valence-electron chi connectivity index (χ2n) is 5.41. The Morgan fingerprint density at radius 1 is 1.08 bits per heavy atom. The Hall–Kier alpha value is -2.21. The summed E-state index contributed by atoms with van der Waals surface area (Å²) in [6.07, 6.45) is -4.49. The van der Waals surface area contributed by atoms with Gasteiger partial charge in [-0.1, -0.05) is 11.6 Å². The van der Waals surface area contributed by atoms with Crippen LogP contribution in [0.5, 0.6) is 5.75 Å². The summed E-state index contributed by atoms with van der Waals surface area (Å²) in [6, 6.07) is 8.88. The fourth-order valence-corrected chi connectivity index (χ4v) is 2.82. The first-order valence-electron chi connectivity index (χ1n) is 7.12. The molecule has 0 bridgehead atoms. The number of halogens is 4. The fraction of sp³-hybridized carbons (Fsp3) is 0.235. The number of nitrogens with zero attached hydrogens (tertiary/aromatic N) is 1. The number of hydrogen-bond donors (Lipinski definition) is 0. The van der Waals surface area contributed by atoms with Gasteiger partial charge in [0.1, 0.15) is 11.8 Å². The summed E-state index contributed by atoms with van der Waals surface area (Å²) in [5.41, 5.74) is 0.528. The number of ether oxygens (including phenoxy) is 1. The van der Waals surface area contributed by atoms with Gasteiger partial charge in [-0.05, 0) is 48.5 Å². The number of Topliss-reactive ketones (excluding diaryl/α,β-unsaturated/α-hetero) is 1. The number of methoxy groups -OCH3 is 1. The molecule has 0 saturated carbocycles. The molecule has 7 heteroatoms. The Labute approximate surface area is 141 Å². The largest absolute Gasteiger partial charge is 0.497 e. The highest BCUT2D eigenvalue weighted by Gasteiger charge is 2.66. The Bertz CT molecular complexity index is 744.